The fourth-order valence-electron chi connectivity index (χ4n) is 7.22. The predicted molar refractivity (Wildman–Crippen MR) is 193 cm³/mol. The largest absolute Gasteiger partial charge is 0.323 e. The van der Waals surface area contributed by atoms with Gasteiger partial charge in [-0.25, -0.2) is 9.79 Å². The summed E-state index contributed by atoms with van der Waals surface area (Å²) in [6.07, 6.45) is 6.38. The molecular weight excluding hydrogens is 580 g/mol. The highest BCUT2D eigenvalue weighted by atomic mass is 16.1. The minimum atomic E-state index is -0.153. The van der Waals surface area contributed by atoms with Crippen molar-refractivity contribution >= 4 is 29.4 Å². The zero-order valence-electron chi connectivity index (χ0n) is 26.1. The number of piperidine rings is 1. The van der Waals surface area contributed by atoms with Crippen molar-refractivity contribution in [1.29, 1.82) is 0 Å². The fourth-order valence-corrected chi connectivity index (χ4v) is 7.22. The zero-order valence-corrected chi connectivity index (χ0v) is 26.1. The van der Waals surface area contributed by atoms with E-state index in [2.05, 4.69) is 127 Å². The standard InChI is InChI=1S/C40H36N6O/c47-40-44-37-13-7-12-34(39(37)45-40)31-18-19-43-33(20-31)21-32-22-36(30-16-14-28(15-17-30)27-8-3-1-4-9-27)38(46-25-41-24-42-26-46)23-35(32)29-10-5-2-6-11-29/h1-17,22-25,31,33,43H,18-21,26H2,(H2,44,45,47)/t31?,33-/m1/s1. The van der Waals surface area contributed by atoms with Gasteiger partial charge in [0, 0.05) is 11.6 Å². The van der Waals surface area contributed by atoms with Gasteiger partial charge in [0.05, 0.1) is 23.1 Å². The Bertz CT molecular complexity index is 2130. The summed E-state index contributed by atoms with van der Waals surface area (Å²) in [5.41, 5.74) is 12.4. The van der Waals surface area contributed by atoms with E-state index in [0.717, 1.165) is 53.7 Å². The predicted octanol–water partition coefficient (Wildman–Crippen LogP) is 7.77. The highest BCUT2D eigenvalue weighted by Gasteiger charge is 2.27. The van der Waals surface area contributed by atoms with Crippen LogP contribution in [-0.2, 0) is 6.42 Å². The number of imidazole rings is 1. The lowest BCUT2D eigenvalue weighted by atomic mass is 9.82. The highest BCUT2D eigenvalue weighted by molar-refractivity contribution is 5.95. The molecule has 2 aliphatic rings. The first-order valence-corrected chi connectivity index (χ1v) is 16.3. The first-order chi connectivity index (χ1) is 23.2. The maximum absolute atomic E-state index is 12.1. The maximum atomic E-state index is 12.1. The van der Waals surface area contributed by atoms with Crippen LogP contribution in [-0.4, -0.2) is 41.9 Å². The number of benzene rings is 5. The van der Waals surface area contributed by atoms with E-state index in [9.17, 15) is 4.79 Å². The number of aromatic amines is 2. The van der Waals surface area contributed by atoms with Crippen molar-refractivity contribution in [2.45, 2.75) is 31.2 Å². The van der Waals surface area contributed by atoms with E-state index in [1.54, 1.807) is 6.34 Å². The van der Waals surface area contributed by atoms with Crippen molar-refractivity contribution in [1.82, 2.24) is 15.3 Å². The number of aliphatic imine (C=N–C) groups is 2. The fraction of sp³-hybridized carbons (Fsp3) is 0.175. The first kappa shape index (κ1) is 28.9. The third-order valence-electron chi connectivity index (χ3n) is 9.49. The Balaban J connectivity index is 1.20. The van der Waals surface area contributed by atoms with Crippen LogP contribution in [0.1, 0.15) is 29.9 Å². The molecule has 47 heavy (non-hydrogen) atoms. The van der Waals surface area contributed by atoms with Gasteiger partial charge in [-0.3, -0.25) is 4.99 Å². The first-order valence-electron chi connectivity index (χ1n) is 16.3. The van der Waals surface area contributed by atoms with Crippen LogP contribution < -0.4 is 15.9 Å². The van der Waals surface area contributed by atoms with Gasteiger partial charge >= 0.3 is 5.69 Å². The minimum Gasteiger partial charge on any atom is -0.314 e. The lowest BCUT2D eigenvalue weighted by Crippen LogP contribution is -2.39. The number of fused-ring (bicyclic) bond motifs is 1. The summed E-state index contributed by atoms with van der Waals surface area (Å²) in [6, 6.07) is 41.2. The summed E-state index contributed by atoms with van der Waals surface area (Å²) < 4.78 is 0. The van der Waals surface area contributed by atoms with Crippen molar-refractivity contribution in [3.63, 3.8) is 0 Å². The van der Waals surface area contributed by atoms with Gasteiger partial charge < -0.3 is 20.2 Å². The van der Waals surface area contributed by atoms with Crippen LogP contribution in [0.2, 0.25) is 0 Å². The number of para-hydroxylation sites is 1. The van der Waals surface area contributed by atoms with E-state index in [4.69, 9.17) is 0 Å². The minimum absolute atomic E-state index is 0.153. The summed E-state index contributed by atoms with van der Waals surface area (Å²) >= 11 is 0. The van der Waals surface area contributed by atoms with E-state index >= 15 is 0 Å². The van der Waals surface area contributed by atoms with Crippen LogP contribution in [0.15, 0.2) is 130 Å². The molecule has 6 aromatic rings. The molecule has 2 atom stereocenters. The molecule has 0 saturated carbocycles. The van der Waals surface area contributed by atoms with Crippen LogP contribution in [0.25, 0.3) is 44.4 Å². The second-order valence-electron chi connectivity index (χ2n) is 12.4. The Morgan fingerprint density at radius 1 is 0.745 bits per heavy atom. The van der Waals surface area contributed by atoms with Crippen LogP contribution >= 0.6 is 0 Å². The average Bonchev–Trinajstić information content (AvgIpc) is 3.53. The van der Waals surface area contributed by atoms with E-state index < -0.39 is 0 Å². The van der Waals surface area contributed by atoms with Gasteiger partial charge in [0.2, 0.25) is 0 Å². The average molecular weight is 617 g/mol. The van der Waals surface area contributed by atoms with Crippen molar-refractivity contribution in [2.75, 3.05) is 18.1 Å². The number of anilines is 1. The van der Waals surface area contributed by atoms with Crippen molar-refractivity contribution in [3.8, 4) is 33.4 Å². The van der Waals surface area contributed by atoms with E-state index in [1.807, 2.05) is 24.5 Å². The molecule has 0 bridgehead atoms. The molecule has 1 saturated heterocycles. The Morgan fingerprint density at radius 2 is 1.47 bits per heavy atom. The SMILES string of the molecule is O=c1[nH]c2cccc(C3CCN[C@@H](Cc4cc(-c5ccc(-c6ccccc6)cc5)c(N5C=NC=NC5)cc4-c4ccccc4)C3)c2[nH]1. The zero-order chi connectivity index (χ0) is 31.6. The lowest BCUT2D eigenvalue weighted by molar-refractivity contribution is 0.361. The van der Waals surface area contributed by atoms with Gasteiger partial charge in [0.15, 0.2) is 0 Å². The van der Waals surface area contributed by atoms with E-state index in [-0.39, 0.29) is 11.7 Å². The number of hydrogen-bond acceptors (Lipinski definition) is 5. The van der Waals surface area contributed by atoms with Crippen molar-refractivity contribution < 1.29 is 0 Å². The molecule has 1 unspecified atom stereocenters. The highest BCUT2D eigenvalue weighted by Crippen LogP contribution is 2.40. The van der Waals surface area contributed by atoms with Gasteiger partial charge in [-0.15, -0.1) is 0 Å². The Labute approximate surface area is 273 Å². The summed E-state index contributed by atoms with van der Waals surface area (Å²) in [4.78, 5) is 29.1. The smallest absolute Gasteiger partial charge is 0.314 e. The Hall–Kier alpha value is -5.53. The van der Waals surface area contributed by atoms with Crippen molar-refractivity contribution in [2.24, 2.45) is 9.98 Å². The summed E-state index contributed by atoms with van der Waals surface area (Å²) in [7, 11) is 0. The third kappa shape index (κ3) is 5.93. The number of rotatable bonds is 7. The summed E-state index contributed by atoms with van der Waals surface area (Å²) in [6.45, 7) is 1.44. The second kappa shape index (κ2) is 12.7. The van der Waals surface area contributed by atoms with Crippen LogP contribution in [0.3, 0.4) is 0 Å². The molecule has 7 nitrogen and oxygen atoms in total. The van der Waals surface area contributed by atoms with Gasteiger partial charge in [0.25, 0.3) is 0 Å². The van der Waals surface area contributed by atoms with Crippen LogP contribution in [0.5, 0.6) is 0 Å². The topological polar surface area (TPSA) is 88.6 Å². The monoisotopic (exact) mass is 616 g/mol. The Kier molecular flexibility index (Phi) is 7.81. The van der Waals surface area contributed by atoms with Gasteiger partial charge in [-0.1, -0.05) is 97.1 Å². The van der Waals surface area contributed by atoms with E-state index in [1.165, 1.54) is 33.4 Å². The number of hydrogen-bond donors (Lipinski definition) is 3. The maximum Gasteiger partial charge on any atom is 0.323 e. The van der Waals surface area contributed by atoms with Crippen molar-refractivity contribution in [3.05, 3.63) is 137 Å². The molecule has 7 heteroatoms. The molecular formula is C40H36N6O. The van der Waals surface area contributed by atoms with E-state index in [0.29, 0.717) is 12.6 Å². The Morgan fingerprint density at radius 3 is 2.23 bits per heavy atom. The summed E-state index contributed by atoms with van der Waals surface area (Å²) in [5.74, 6) is 0.350. The quantitative estimate of drug-likeness (QED) is 0.171. The molecule has 5 aromatic carbocycles. The molecule has 0 radical (unpaired) electrons. The number of nitrogens with zero attached hydrogens (tertiary/aromatic N) is 3. The number of H-pyrrole nitrogens is 2. The molecule has 1 fully saturated rings. The van der Waals surface area contributed by atoms with Crippen LogP contribution in [0.4, 0.5) is 5.69 Å². The molecule has 1 aromatic heterocycles. The molecule has 8 rings (SSSR count). The molecule has 0 amide bonds. The molecule has 3 heterocycles. The van der Waals surface area contributed by atoms with Gasteiger partial charge in [-0.05, 0) is 88.9 Å². The molecule has 232 valence electrons. The number of aromatic nitrogens is 2. The normalized spacial score (nSPS) is 17.7. The molecule has 0 spiro atoms. The molecule has 3 N–H and O–H groups in total. The molecule has 2 aliphatic heterocycles. The lowest BCUT2D eigenvalue weighted by Gasteiger charge is -2.32. The summed E-state index contributed by atoms with van der Waals surface area (Å²) in [5, 5.41) is 3.83. The third-order valence-corrected chi connectivity index (χ3v) is 9.49. The van der Waals surface area contributed by atoms with Gasteiger partial charge in [0.1, 0.15) is 13.0 Å². The van der Waals surface area contributed by atoms with Crippen LogP contribution in [0, 0.1) is 0 Å². The van der Waals surface area contributed by atoms with Gasteiger partial charge in [-0.2, -0.15) is 0 Å². The number of nitrogens with one attached hydrogen (secondary N) is 3. The second-order valence-corrected chi connectivity index (χ2v) is 12.4. The molecule has 0 aliphatic carbocycles.